The van der Waals surface area contributed by atoms with E-state index in [9.17, 15) is 9.90 Å². The van der Waals surface area contributed by atoms with Crippen molar-refractivity contribution < 1.29 is 19.4 Å². The van der Waals surface area contributed by atoms with E-state index in [0.29, 0.717) is 18.2 Å². The van der Waals surface area contributed by atoms with Gasteiger partial charge in [0.25, 0.3) is 0 Å². The van der Waals surface area contributed by atoms with Crippen molar-refractivity contribution >= 4 is 28.5 Å². The molecule has 10 nitrogen and oxygen atoms in total. The number of hydrogen-bond donors (Lipinski definition) is 2. The molecular formula is C21H26N6O4. The summed E-state index contributed by atoms with van der Waals surface area (Å²) < 4.78 is 12.8. The highest BCUT2D eigenvalue weighted by Crippen LogP contribution is 2.29. The number of carboxylic acid groups (broad SMARTS) is 1. The molecule has 1 aliphatic rings. The van der Waals surface area contributed by atoms with Crippen molar-refractivity contribution in [2.24, 2.45) is 7.05 Å². The van der Waals surface area contributed by atoms with E-state index in [0.717, 1.165) is 61.5 Å². The standard InChI is InChI=1S/C21H26N6O4/c1-14-10-15-16(11-17(14)31-7-3-4-27-5-8-30-9-6-27)22-13-23-19(15)24-18-12-26(2)20(25-18)21(28)29/h10-13H,3-9H2,1-2H3,(H,28,29)(H,22,23,24). The van der Waals surface area contributed by atoms with Gasteiger partial charge < -0.3 is 24.5 Å². The van der Waals surface area contributed by atoms with Gasteiger partial charge in [0.15, 0.2) is 5.82 Å². The van der Waals surface area contributed by atoms with Gasteiger partial charge in [0, 0.05) is 44.3 Å². The summed E-state index contributed by atoms with van der Waals surface area (Å²) in [6.07, 6.45) is 4.01. The first-order valence-corrected chi connectivity index (χ1v) is 10.2. The van der Waals surface area contributed by atoms with E-state index >= 15 is 0 Å². The maximum absolute atomic E-state index is 11.2. The average Bonchev–Trinajstić information content (AvgIpc) is 3.13. The number of morpholine rings is 1. The molecule has 2 N–H and O–H groups in total. The molecule has 164 valence electrons. The number of fused-ring (bicyclic) bond motifs is 1. The molecule has 0 saturated carbocycles. The van der Waals surface area contributed by atoms with E-state index in [2.05, 4.69) is 25.2 Å². The monoisotopic (exact) mass is 426 g/mol. The lowest BCUT2D eigenvalue weighted by Gasteiger charge is -2.26. The highest BCUT2D eigenvalue weighted by Gasteiger charge is 2.15. The Morgan fingerprint density at radius 3 is 2.84 bits per heavy atom. The fraction of sp³-hybridized carbons (Fsp3) is 0.429. The van der Waals surface area contributed by atoms with Crippen molar-refractivity contribution in [2.75, 3.05) is 44.8 Å². The van der Waals surface area contributed by atoms with E-state index in [1.54, 1.807) is 13.2 Å². The number of hydrogen-bond acceptors (Lipinski definition) is 8. The number of nitrogens with zero attached hydrogens (tertiary/aromatic N) is 5. The molecule has 31 heavy (non-hydrogen) atoms. The number of carbonyl (C=O) groups is 1. The van der Waals surface area contributed by atoms with Crippen LogP contribution in [-0.2, 0) is 11.8 Å². The minimum absolute atomic E-state index is 0.0511. The van der Waals surface area contributed by atoms with Crippen LogP contribution in [0.2, 0.25) is 0 Å². The lowest BCUT2D eigenvalue weighted by molar-refractivity contribution is 0.0358. The molecule has 2 aromatic heterocycles. The fourth-order valence-corrected chi connectivity index (χ4v) is 3.59. The van der Waals surface area contributed by atoms with Crippen molar-refractivity contribution in [2.45, 2.75) is 13.3 Å². The second-order valence-electron chi connectivity index (χ2n) is 7.50. The quantitative estimate of drug-likeness (QED) is 0.523. The zero-order valence-corrected chi connectivity index (χ0v) is 17.7. The first-order valence-electron chi connectivity index (χ1n) is 10.2. The van der Waals surface area contributed by atoms with Gasteiger partial charge in [-0.05, 0) is 25.0 Å². The van der Waals surface area contributed by atoms with E-state index in [1.807, 2.05) is 19.1 Å². The van der Waals surface area contributed by atoms with Gasteiger partial charge >= 0.3 is 5.97 Å². The van der Waals surface area contributed by atoms with Crippen LogP contribution in [0.5, 0.6) is 5.75 Å². The molecule has 0 aliphatic carbocycles. The average molecular weight is 426 g/mol. The summed E-state index contributed by atoms with van der Waals surface area (Å²) in [4.78, 5) is 26.4. The van der Waals surface area contributed by atoms with Crippen LogP contribution in [0.1, 0.15) is 22.6 Å². The number of anilines is 2. The Morgan fingerprint density at radius 2 is 2.10 bits per heavy atom. The number of ether oxygens (including phenoxy) is 2. The summed E-state index contributed by atoms with van der Waals surface area (Å²) in [5, 5.41) is 13.1. The van der Waals surface area contributed by atoms with Crippen molar-refractivity contribution in [3.05, 3.63) is 36.0 Å². The van der Waals surface area contributed by atoms with Gasteiger partial charge in [0.05, 0.1) is 25.3 Å². The molecule has 0 amide bonds. The van der Waals surface area contributed by atoms with Crippen LogP contribution >= 0.6 is 0 Å². The van der Waals surface area contributed by atoms with Crippen LogP contribution in [0, 0.1) is 6.92 Å². The Balaban J connectivity index is 1.45. The van der Waals surface area contributed by atoms with Crippen LogP contribution in [0.3, 0.4) is 0 Å². The second kappa shape index (κ2) is 9.27. The molecule has 3 aromatic rings. The Morgan fingerprint density at radius 1 is 1.29 bits per heavy atom. The normalized spacial score (nSPS) is 14.6. The minimum Gasteiger partial charge on any atom is -0.493 e. The fourth-order valence-electron chi connectivity index (χ4n) is 3.59. The first-order chi connectivity index (χ1) is 15.0. The highest BCUT2D eigenvalue weighted by molar-refractivity contribution is 5.92. The van der Waals surface area contributed by atoms with E-state index in [1.165, 1.54) is 10.9 Å². The molecule has 1 aromatic carbocycles. The summed E-state index contributed by atoms with van der Waals surface area (Å²) in [5.41, 5.74) is 1.71. The van der Waals surface area contributed by atoms with Crippen molar-refractivity contribution in [1.82, 2.24) is 24.4 Å². The van der Waals surface area contributed by atoms with Crippen molar-refractivity contribution in [1.29, 1.82) is 0 Å². The van der Waals surface area contributed by atoms with Crippen molar-refractivity contribution in [3.8, 4) is 5.75 Å². The van der Waals surface area contributed by atoms with Gasteiger partial charge in [0.2, 0.25) is 5.82 Å². The largest absolute Gasteiger partial charge is 0.493 e. The SMILES string of the molecule is Cc1cc2c(Nc3cn(C)c(C(=O)O)n3)ncnc2cc1OCCCN1CCOCC1. The van der Waals surface area contributed by atoms with Gasteiger partial charge in [-0.3, -0.25) is 4.90 Å². The maximum atomic E-state index is 11.2. The molecule has 0 bridgehead atoms. The molecule has 0 radical (unpaired) electrons. The predicted molar refractivity (Wildman–Crippen MR) is 115 cm³/mol. The van der Waals surface area contributed by atoms with E-state index in [-0.39, 0.29) is 5.82 Å². The minimum atomic E-state index is -1.09. The van der Waals surface area contributed by atoms with Crippen LogP contribution in [0.4, 0.5) is 11.6 Å². The summed E-state index contributed by atoms with van der Waals surface area (Å²) in [6, 6.07) is 3.88. The molecule has 3 heterocycles. The maximum Gasteiger partial charge on any atom is 0.372 e. The molecule has 1 aliphatic heterocycles. The molecule has 4 rings (SSSR count). The topological polar surface area (TPSA) is 115 Å². The summed E-state index contributed by atoms with van der Waals surface area (Å²) in [7, 11) is 1.63. The van der Waals surface area contributed by atoms with Gasteiger partial charge in [0.1, 0.15) is 17.9 Å². The smallest absolute Gasteiger partial charge is 0.372 e. The Bertz CT molecular complexity index is 1080. The third-order valence-electron chi connectivity index (χ3n) is 5.23. The molecular weight excluding hydrogens is 400 g/mol. The molecule has 0 unspecified atom stereocenters. The Kier molecular flexibility index (Phi) is 6.28. The van der Waals surface area contributed by atoms with Crippen LogP contribution in [0.25, 0.3) is 10.9 Å². The van der Waals surface area contributed by atoms with E-state index < -0.39 is 5.97 Å². The van der Waals surface area contributed by atoms with Crippen molar-refractivity contribution in [3.63, 3.8) is 0 Å². The second-order valence-corrected chi connectivity index (χ2v) is 7.50. The molecule has 1 saturated heterocycles. The van der Waals surface area contributed by atoms with Gasteiger partial charge in [-0.15, -0.1) is 0 Å². The van der Waals surface area contributed by atoms with Crippen LogP contribution < -0.4 is 10.1 Å². The van der Waals surface area contributed by atoms with Gasteiger partial charge in [-0.25, -0.2) is 19.7 Å². The van der Waals surface area contributed by atoms with Crippen LogP contribution in [-0.4, -0.2) is 74.9 Å². The summed E-state index contributed by atoms with van der Waals surface area (Å²) >= 11 is 0. The number of imidazole rings is 1. The van der Waals surface area contributed by atoms with E-state index in [4.69, 9.17) is 9.47 Å². The molecule has 10 heteroatoms. The lowest BCUT2D eigenvalue weighted by Crippen LogP contribution is -2.37. The summed E-state index contributed by atoms with van der Waals surface area (Å²) in [6.45, 7) is 7.17. The number of aromatic carboxylic acids is 1. The Hall–Kier alpha value is -3.24. The molecule has 0 atom stereocenters. The molecule has 0 spiro atoms. The number of benzene rings is 1. The third-order valence-corrected chi connectivity index (χ3v) is 5.23. The zero-order chi connectivity index (χ0) is 21.8. The number of aryl methyl sites for hydroxylation is 2. The number of aromatic nitrogens is 4. The number of nitrogens with one attached hydrogen (secondary N) is 1. The van der Waals surface area contributed by atoms with Gasteiger partial charge in [-0.1, -0.05) is 0 Å². The lowest BCUT2D eigenvalue weighted by atomic mass is 10.1. The highest BCUT2D eigenvalue weighted by atomic mass is 16.5. The molecule has 1 fully saturated rings. The number of rotatable bonds is 8. The zero-order valence-electron chi connectivity index (χ0n) is 17.7. The van der Waals surface area contributed by atoms with Gasteiger partial charge in [-0.2, -0.15) is 0 Å². The predicted octanol–water partition coefficient (Wildman–Crippen LogP) is 2.21. The van der Waals surface area contributed by atoms with Crippen LogP contribution in [0.15, 0.2) is 24.7 Å². The number of carboxylic acids is 1. The third kappa shape index (κ3) is 4.92. The first kappa shape index (κ1) is 21.0. The summed E-state index contributed by atoms with van der Waals surface area (Å²) in [5.74, 6) is 0.618. The Labute approximate surface area is 179 Å².